The fourth-order valence-electron chi connectivity index (χ4n) is 1.76. The molecule has 2 aromatic heterocycles. The van der Waals surface area contributed by atoms with Crippen LogP contribution < -0.4 is 10.5 Å². The van der Waals surface area contributed by atoms with Crippen LogP contribution >= 0.6 is 11.3 Å². The van der Waals surface area contributed by atoms with Crippen molar-refractivity contribution in [2.75, 3.05) is 12.8 Å². The van der Waals surface area contributed by atoms with Crippen molar-refractivity contribution in [3.8, 4) is 17.0 Å². The van der Waals surface area contributed by atoms with Crippen LogP contribution in [0.3, 0.4) is 0 Å². The van der Waals surface area contributed by atoms with Gasteiger partial charge in [0.25, 0.3) is 0 Å². The van der Waals surface area contributed by atoms with Gasteiger partial charge in [0.05, 0.1) is 7.11 Å². The van der Waals surface area contributed by atoms with Crippen molar-refractivity contribution in [2.24, 2.45) is 0 Å². The summed E-state index contributed by atoms with van der Waals surface area (Å²) in [5, 5.41) is 1.97. The molecule has 0 atom stereocenters. The lowest BCUT2D eigenvalue weighted by atomic mass is 10.1. The van der Waals surface area contributed by atoms with Crippen LogP contribution in [0.4, 0.5) is 5.82 Å². The first-order chi connectivity index (χ1) is 8.29. The number of imidazole rings is 1. The van der Waals surface area contributed by atoms with Gasteiger partial charge in [-0.2, -0.15) is 0 Å². The molecule has 0 amide bonds. The number of rotatable bonds is 2. The van der Waals surface area contributed by atoms with E-state index in [4.69, 9.17) is 10.5 Å². The van der Waals surface area contributed by atoms with Gasteiger partial charge in [-0.25, -0.2) is 4.98 Å². The average molecular weight is 245 g/mol. The van der Waals surface area contributed by atoms with E-state index in [2.05, 4.69) is 4.98 Å². The lowest BCUT2D eigenvalue weighted by molar-refractivity contribution is 0.415. The van der Waals surface area contributed by atoms with Crippen molar-refractivity contribution >= 4 is 22.1 Å². The normalized spacial score (nSPS) is 10.9. The molecule has 0 spiro atoms. The fourth-order valence-corrected chi connectivity index (χ4v) is 2.49. The first-order valence-corrected chi connectivity index (χ1v) is 6.03. The number of aromatic nitrogens is 2. The molecule has 86 valence electrons. The highest BCUT2D eigenvalue weighted by Gasteiger charge is 2.11. The third-order valence-corrected chi connectivity index (χ3v) is 3.42. The van der Waals surface area contributed by atoms with Crippen LogP contribution in [-0.2, 0) is 0 Å². The van der Waals surface area contributed by atoms with Gasteiger partial charge in [-0.15, -0.1) is 11.3 Å². The molecule has 0 aliphatic rings. The molecule has 0 bridgehead atoms. The van der Waals surface area contributed by atoms with E-state index in [1.807, 2.05) is 40.2 Å². The number of nitrogen functional groups attached to an aromatic ring is 1. The van der Waals surface area contributed by atoms with Crippen molar-refractivity contribution in [1.29, 1.82) is 0 Å². The van der Waals surface area contributed by atoms with E-state index in [1.54, 1.807) is 18.4 Å². The van der Waals surface area contributed by atoms with Crippen molar-refractivity contribution < 1.29 is 4.74 Å². The number of anilines is 1. The Hall–Kier alpha value is -2.01. The number of fused-ring (bicyclic) bond motifs is 1. The van der Waals surface area contributed by atoms with Crippen LogP contribution in [0, 0.1) is 0 Å². The van der Waals surface area contributed by atoms with Crippen LogP contribution in [0.5, 0.6) is 5.75 Å². The average Bonchev–Trinajstić information content (AvgIpc) is 2.93. The van der Waals surface area contributed by atoms with E-state index in [0.717, 1.165) is 22.0 Å². The summed E-state index contributed by atoms with van der Waals surface area (Å²) in [7, 11) is 1.65. The number of nitrogens with zero attached hydrogens (tertiary/aromatic N) is 2. The number of benzene rings is 1. The van der Waals surface area contributed by atoms with Gasteiger partial charge in [-0.05, 0) is 24.3 Å². The van der Waals surface area contributed by atoms with Crippen molar-refractivity contribution in [3.63, 3.8) is 0 Å². The zero-order valence-electron chi connectivity index (χ0n) is 9.25. The predicted octanol–water partition coefficient (Wildman–Crippen LogP) is 2.65. The van der Waals surface area contributed by atoms with E-state index in [1.165, 1.54) is 0 Å². The zero-order chi connectivity index (χ0) is 11.8. The Morgan fingerprint density at radius 2 is 2.06 bits per heavy atom. The molecule has 0 aliphatic heterocycles. The topological polar surface area (TPSA) is 52.5 Å². The van der Waals surface area contributed by atoms with Gasteiger partial charge >= 0.3 is 0 Å². The zero-order valence-corrected chi connectivity index (χ0v) is 10.1. The Kier molecular flexibility index (Phi) is 2.26. The second-order valence-electron chi connectivity index (χ2n) is 3.63. The third-order valence-electron chi connectivity index (χ3n) is 2.66. The summed E-state index contributed by atoms with van der Waals surface area (Å²) in [6.45, 7) is 0. The largest absolute Gasteiger partial charge is 0.497 e. The quantitative estimate of drug-likeness (QED) is 0.755. The van der Waals surface area contributed by atoms with E-state index in [-0.39, 0.29) is 0 Å². The molecule has 0 fully saturated rings. The van der Waals surface area contributed by atoms with Gasteiger partial charge in [0.1, 0.15) is 17.3 Å². The van der Waals surface area contributed by atoms with E-state index < -0.39 is 0 Å². The maximum Gasteiger partial charge on any atom is 0.195 e. The first kappa shape index (κ1) is 10.2. The number of nitrogens with two attached hydrogens (primary N) is 1. The minimum absolute atomic E-state index is 0.673. The van der Waals surface area contributed by atoms with Gasteiger partial charge in [0.15, 0.2) is 4.96 Å². The van der Waals surface area contributed by atoms with E-state index >= 15 is 0 Å². The summed E-state index contributed by atoms with van der Waals surface area (Å²) in [6.07, 6.45) is 1.93. The highest BCUT2D eigenvalue weighted by atomic mass is 32.1. The Morgan fingerprint density at radius 1 is 1.29 bits per heavy atom. The summed E-state index contributed by atoms with van der Waals surface area (Å²) >= 11 is 1.57. The Bertz CT molecular complexity index is 654. The number of thiazole rings is 1. The molecule has 3 rings (SSSR count). The molecule has 0 aliphatic carbocycles. The summed E-state index contributed by atoms with van der Waals surface area (Å²) in [6, 6.07) is 7.73. The Labute approximate surface area is 102 Å². The molecule has 3 aromatic rings. The molecule has 0 unspecified atom stereocenters. The molecule has 2 heterocycles. The standard InChI is InChI=1S/C12H11N3OS/c1-16-9-4-2-8(3-5-9)10-11(13)15-6-7-17-12(15)14-10/h2-7H,13H2,1H3. The molecule has 0 saturated heterocycles. The molecule has 17 heavy (non-hydrogen) atoms. The van der Waals surface area contributed by atoms with Crippen molar-refractivity contribution in [2.45, 2.75) is 0 Å². The summed E-state index contributed by atoms with van der Waals surface area (Å²) in [5.41, 5.74) is 7.88. The number of ether oxygens (including phenoxy) is 1. The lowest BCUT2D eigenvalue weighted by Crippen LogP contribution is -1.92. The maximum absolute atomic E-state index is 6.06. The van der Waals surface area contributed by atoms with Crippen LogP contribution in [0.1, 0.15) is 0 Å². The van der Waals surface area contributed by atoms with Crippen LogP contribution in [0.15, 0.2) is 35.8 Å². The minimum atomic E-state index is 0.673. The highest BCUT2D eigenvalue weighted by molar-refractivity contribution is 7.15. The molecular weight excluding hydrogens is 234 g/mol. The summed E-state index contributed by atoms with van der Waals surface area (Å²) in [5.74, 6) is 1.50. The predicted molar refractivity (Wildman–Crippen MR) is 69.5 cm³/mol. The third kappa shape index (κ3) is 1.55. The molecule has 5 heteroatoms. The van der Waals surface area contributed by atoms with Gasteiger partial charge in [-0.3, -0.25) is 4.40 Å². The van der Waals surface area contributed by atoms with Crippen LogP contribution in [-0.4, -0.2) is 16.5 Å². The summed E-state index contributed by atoms with van der Waals surface area (Å²) in [4.78, 5) is 5.42. The summed E-state index contributed by atoms with van der Waals surface area (Å²) < 4.78 is 7.02. The molecule has 4 nitrogen and oxygen atoms in total. The van der Waals surface area contributed by atoms with E-state index in [9.17, 15) is 0 Å². The molecular formula is C12H11N3OS. The first-order valence-electron chi connectivity index (χ1n) is 5.15. The monoisotopic (exact) mass is 245 g/mol. The molecule has 0 saturated carbocycles. The van der Waals surface area contributed by atoms with Crippen molar-refractivity contribution in [3.05, 3.63) is 35.8 Å². The maximum atomic E-state index is 6.06. The van der Waals surface area contributed by atoms with E-state index in [0.29, 0.717) is 5.82 Å². The number of hydrogen-bond acceptors (Lipinski definition) is 4. The SMILES string of the molecule is COc1ccc(-c2nc3sccn3c2N)cc1. The molecule has 1 aromatic carbocycles. The molecule has 2 N–H and O–H groups in total. The highest BCUT2D eigenvalue weighted by Crippen LogP contribution is 2.29. The minimum Gasteiger partial charge on any atom is -0.497 e. The second kappa shape index (κ2) is 3.78. The lowest BCUT2D eigenvalue weighted by Gasteiger charge is -2.01. The van der Waals surface area contributed by atoms with Crippen LogP contribution in [0.2, 0.25) is 0 Å². The van der Waals surface area contributed by atoms with Crippen LogP contribution in [0.25, 0.3) is 16.2 Å². The van der Waals surface area contributed by atoms with Gasteiger partial charge in [0, 0.05) is 17.1 Å². The van der Waals surface area contributed by atoms with Crippen molar-refractivity contribution in [1.82, 2.24) is 9.38 Å². The van der Waals surface area contributed by atoms with Gasteiger partial charge < -0.3 is 10.5 Å². The fraction of sp³-hybridized carbons (Fsp3) is 0.0833. The van der Waals surface area contributed by atoms with Gasteiger partial charge in [0.2, 0.25) is 0 Å². The number of hydrogen-bond donors (Lipinski definition) is 1. The Morgan fingerprint density at radius 3 is 2.71 bits per heavy atom. The second-order valence-corrected chi connectivity index (χ2v) is 4.50. The Balaban J connectivity index is 2.12. The molecule has 0 radical (unpaired) electrons. The smallest absolute Gasteiger partial charge is 0.195 e. The van der Waals surface area contributed by atoms with Gasteiger partial charge in [-0.1, -0.05) is 0 Å². The number of methoxy groups -OCH3 is 1.